The summed E-state index contributed by atoms with van der Waals surface area (Å²) in [7, 11) is 4.95. The number of carbonyl (C=O) groups is 1. The van der Waals surface area contributed by atoms with Crippen LogP contribution >= 0.6 is 0 Å². The van der Waals surface area contributed by atoms with Gasteiger partial charge >= 0.3 is 0 Å². The summed E-state index contributed by atoms with van der Waals surface area (Å²) in [5.41, 5.74) is 3.31. The van der Waals surface area contributed by atoms with E-state index >= 15 is 0 Å². The second-order valence-corrected chi connectivity index (χ2v) is 8.64. The van der Waals surface area contributed by atoms with Crippen LogP contribution in [-0.2, 0) is 11.2 Å². The molecule has 0 spiro atoms. The molecule has 1 saturated heterocycles. The fourth-order valence-electron chi connectivity index (χ4n) is 4.75. The Morgan fingerprint density at radius 1 is 0.970 bits per heavy atom. The Balaban J connectivity index is 1.23. The van der Waals surface area contributed by atoms with Crippen molar-refractivity contribution in [2.24, 2.45) is 0 Å². The number of hydrogen-bond acceptors (Lipinski definition) is 6. The molecular weight excluding hydrogens is 420 g/mol. The highest BCUT2D eigenvalue weighted by atomic mass is 16.5. The zero-order valence-corrected chi connectivity index (χ0v) is 19.8. The number of nitrogens with zero attached hydrogens (tertiary/aromatic N) is 1. The first-order valence-electron chi connectivity index (χ1n) is 11.7. The van der Waals surface area contributed by atoms with Gasteiger partial charge in [0.05, 0.1) is 27.9 Å². The molecule has 2 aromatic rings. The van der Waals surface area contributed by atoms with Gasteiger partial charge in [-0.15, -0.1) is 0 Å². The van der Waals surface area contributed by atoms with Crippen molar-refractivity contribution in [3.63, 3.8) is 0 Å². The zero-order chi connectivity index (χ0) is 23.2. The highest BCUT2D eigenvalue weighted by molar-refractivity contribution is 5.94. The lowest BCUT2D eigenvalue weighted by Crippen LogP contribution is -2.34. The van der Waals surface area contributed by atoms with Gasteiger partial charge < -0.3 is 29.2 Å². The molecule has 0 radical (unpaired) electrons. The van der Waals surface area contributed by atoms with Crippen molar-refractivity contribution < 1.29 is 23.7 Å². The molecule has 2 heterocycles. The average Bonchev–Trinajstić information content (AvgIpc) is 2.85. The Bertz CT molecular complexity index is 944. The third kappa shape index (κ3) is 5.53. The maximum atomic E-state index is 11.6. The van der Waals surface area contributed by atoms with Crippen LogP contribution in [0, 0.1) is 0 Å². The van der Waals surface area contributed by atoms with Gasteiger partial charge in [-0.05, 0) is 74.0 Å². The van der Waals surface area contributed by atoms with E-state index in [4.69, 9.17) is 18.9 Å². The van der Waals surface area contributed by atoms with E-state index < -0.39 is 0 Å². The van der Waals surface area contributed by atoms with E-state index in [0.29, 0.717) is 36.2 Å². The average molecular weight is 455 g/mol. The maximum Gasteiger partial charge on any atom is 0.224 e. The molecular formula is C26H34N2O5. The smallest absolute Gasteiger partial charge is 0.224 e. The van der Waals surface area contributed by atoms with Crippen LogP contribution in [0.1, 0.15) is 42.7 Å². The lowest BCUT2D eigenvalue weighted by atomic mass is 9.89. The highest BCUT2D eigenvalue weighted by Crippen LogP contribution is 2.42. The van der Waals surface area contributed by atoms with Crippen LogP contribution in [0.2, 0.25) is 0 Å². The van der Waals surface area contributed by atoms with Gasteiger partial charge in [0.15, 0.2) is 11.5 Å². The van der Waals surface area contributed by atoms with Crippen molar-refractivity contribution in [1.82, 2.24) is 4.90 Å². The minimum atomic E-state index is 0.0783. The van der Waals surface area contributed by atoms with E-state index in [2.05, 4.69) is 28.4 Å². The topological polar surface area (TPSA) is 69.3 Å². The van der Waals surface area contributed by atoms with Crippen molar-refractivity contribution in [2.75, 3.05) is 52.9 Å². The first kappa shape index (κ1) is 23.2. The van der Waals surface area contributed by atoms with Crippen molar-refractivity contribution in [3.8, 4) is 23.0 Å². The van der Waals surface area contributed by atoms with Gasteiger partial charge in [0, 0.05) is 24.7 Å². The molecule has 0 atom stereocenters. The van der Waals surface area contributed by atoms with Gasteiger partial charge in [0.25, 0.3) is 0 Å². The largest absolute Gasteiger partial charge is 0.493 e. The lowest BCUT2D eigenvalue weighted by molar-refractivity contribution is -0.116. The predicted molar refractivity (Wildman–Crippen MR) is 128 cm³/mol. The van der Waals surface area contributed by atoms with E-state index in [0.717, 1.165) is 56.8 Å². The van der Waals surface area contributed by atoms with Crippen LogP contribution < -0.4 is 24.3 Å². The number of carbonyl (C=O) groups excluding carboxylic acids is 1. The first-order valence-corrected chi connectivity index (χ1v) is 11.7. The molecule has 0 aromatic heterocycles. The molecule has 0 bridgehead atoms. The monoisotopic (exact) mass is 454 g/mol. The molecule has 178 valence electrons. The van der Waals surface area contributed by atoms with Crippen molar-refractivity contribution in [1.29, 1.82) is 0 Å². The van der Waals surface area contributed by atoms with Crippen LogP contribution in [0.25, 0.3) is 0 Å². The van der Waals surface area contributed by atoms with Gasteiger partial charge in [-0.3, -0.25) is 4.79 Å². The summed E-state index contributed by atoms with van der Waals surface area (Å²) < 4.78 is 22.4. The first-order chi connectivity index (χ1) is 16.1. The Hall–Kier alpha value is -2.93. The number of nitrogens with one attached hydrogen (secondary N) is 1. The quantitative estimate of drug-likeness (QED) is 0.572. The van der Waals surface area contributed by atoms with Gasteiger partial charge in [0.2, 0.25) is 11.7 Å². The SMILES string of the molecule is COc1cc(C2CCN(CCCOc3ccc4c(c3)NC(=O)CC4)CC2)cc(OC)c1OC. The second kappa shape index (κ2) is 10.8. The van der Waals surface area contributed by atoms with E-state index in [1.54, 1.807) is 21.3 Å². The van der Waals surface area contributed by atoms with E-state index in [1.165, 1.54) is 11.1 Å². The molecule has 2 aliphatic rings. The number of likely N-dealkylation sites (tertiary alicyclic amines) is 1. The Kier molecular flexibility index (Phi) is 7.60. The van der Waals surface area contributed by atoms with Crippen LogP contribution in [0.3, 0.4) is 0 Å². The van der Waals surface area contributed by atoms with Crippen LogP contribution in [0.5, 0.6) is 23.0 Å². The fraction of sp³-hybridized carbons (Fsp3) is 0.500. The van der Waals surface area contributed by atoms with Crippen LogP contribution in [-0.4, -0.2) is 58.4 Å². The molecule has 1 amide bonds. The summed E-state index contributed by atoms with van der Waals surface area (Å²) >= 11 is 0. The molecule has 7 heteroatoms. The number of benzene rings is 2. The molecule has 0 saturated carbocycles. The molecule has 4 rings (SSSR count). The molecule has 2 aliphatic heterocycles. The van der Waals surface area contributed by atoms with Crippen molar-refractivity contribution in [2.45, 2.75) is 38.0 Å². The van der Waals surface area contributed by atoms with E-state index in [-0.39, 0.29) is 5.91 Å². The predicted octanol–water partition coefficient (Wildman–Crippen LogP) is 4.25. The number of piperidine rings is 1. The number of rotatable bonds is 9. The summed E-state index contributed by atoms with van der Waals surface area (Å²) in [6.45, 7) is 3.81. The summed E-state index contributed by atoms with van der Waals surface area (Å²) in [6, 6.07) is 10.2. The van der Waals surface area contributed by atoms with Crippen molar-refractivity contribution >= 4 is 11.6 Å². The molecule has 1 fully saturated rings. The molecule has 0 aliphatic carbocycles. The molecule has 7 nitrogen and oxygen atoms in total. The van der Waals surface area contributed by atoms with E-state index in [9.17, 15) is 4.79 Å². The maximum absolute atomic E-state index is 11.6. The fourth-order valence-corrected chi connectivity index (χ4v) is 4.75. The minimum absolute atomic E-state index is 0.0783. The van der Waals surface area contributed by atoms with Gasteiger partial charge in [-0.2, -0.15) is 0 Å². The number of ether oxygens (including phenoxy) is 4. The Labute approximate surface area is 196 Å². The highest BCUT2D eigenvalue weighted by Gasteiger charge is 2.23. The van der Waals surface area contributed by atoms with Gasteiger partial charge in [-0.1, -0.05) is 6.07 Å². The number of aryl methyl sites for hydroxylation is 1. The summed E-state index contributed by atoms with van der Waals surface area (Å²) in [6.07, 6.45) is 4.53. The summed E-state index contributed by atoms with van der Waals surface area (Å²) in [5.74, 6) is 3.45. The standard InChI is InChI=1S/C26H34N2O5/c1-30-23-15-20(16-24(31-2)26(23)32-3)18-9-12-28(13-10-18)11-4-14-33-21-7-5-19-6-8-25(29)27-22(19)17-21/h5,7,15-18H,4,6,8-14H2,1-3H3,(H,27,29). The normalized spacial score (nSPS) is 16.6. The van der Waals surface area contributed by atoms with Gasteiger partial charge in [-0.25, -0.2) is 0 Å². The second-order valence-electron chi connectivity index (χ2n) is 8.64. The number of anilines is 1. The number of hydrogen-bond donors (Lipinski definition) is 1. The molecule has 2 aromatic carbocycles. The minimum Gasteiger partial charge on any atom is -0.493 e. The Morgan fingerprint density at radius 2 is 1.70 bits per heavy atom. The third-order valence-electron chi connectivity index (χ3n) is 6.61. The Morgan fingerprint density at radius 3 is 2.36 bits per heavy atom. The number of fused-ring (bicyclic) bond motifs is 1. The third-order valence-corrected chi connectivity index (χ3v) is 6.61. The molecule has 0 unspecified atom stereocenters. The number of methoxy groups -OCH3 is 3. The zero-order valence-electron chi connectivity index (χ0n) is 19.8. The number of amides is 1. The van der Waals surface area contributed by atoms with Gasteiger partial charge in [0.1, 0.15) is 5.75 Å². The van der Waals surface area contributed by atoms with E-state index in [1.807, 2.05) is 12.1 Å². The van der Waals surface area contributed by atoms with Crippen LogP contribution in [0.4, 0.5) is 5.69 Å². The van der Waals surface area contributed by atoms with Crippen molar-refractivity contribution in [3.05, 3.63) is 41.5 Å². The summed E-state index contributed by atoms with van der Waals surface area (Å²) in [4.78, 5) is 14.1. The summed E-state index contributed by atoms with van der Waals surface area (Å²) in [5, 5.41) is 2.93. The van der Waals surface area contributed by atoms with Crippen LogP contribution in [0.15, 0.2) is 30.3 Å². The molecule has 33 heavy (non-hydrogen) atoms. The lowest BCUT2D eigenvalue weighted by Gasteiger charge is -2.32. The molecule has 1 N–H and O–H groups in total.